The second-order valence-corrected chi connectivity index (χ2v) is 14.6. The van der Waals surface area contributed by atoms with Crippen LogP contribution in [0, 0.1) is 5.92 Å². The predicted molar refractivity (Wildman–Crippen MR) is 215 cm³/mol. The van der Waals surface area contributed by atoms with Crippen LogP contribution in [0.3, 0.4) is 0 Å². The molecule has 0 aromatic carbocycles. The van der Waals surface area contributed by atoms with Crippen molar-refractivity contribution < 1.29 is 29.0 Å². The van der Waals surface area contributed by atoms with Crippen molar-refractivity contribution in [3.63, 3.8) is 0 Å². The summed E-state index contributed by atoms with van der Waals surface area (Å²) >= 11 is 0. The van der Waals surface area contributed by atoms with Crippen molar-refractivity contribution in [2.45, 2.75) is 200 Å². The van der Waals surface area contributed by atoms with Gasteiger partial charge in [0.15, 0.2) is 11.9 Å². The largest absolute Gasteiger partial charge is 0.462 e. The molecule has 51 heavy (non-hydrogen) atoms. The maximum atomic E-state index is 12.2. The number of aliphatic hydroxyl groups is 1. The van der Waals surface area contributed by atoms with Crippen molar-refractivity contribution in [3.05, 3.63) is 48.6 Å². The number of hydrogen-bond donors (Lipinski definition) is 1. The third-order valence-electron chi connectivity index (χ3n) is 9.03. The van der Waals surface area contributed by atoms with E-state index in [2.05, 4.69) is 45.1 Å². The number of ketones is 1. The fourth-order valence-corrected chi connectivity index (χ4v) is 5.81. The van der Waals surface area contributed by atoms with Crippen LogP contribution in [-0.4, -0.2) is 42.1 Å². The molecule has 0 saturated heterocycles. The molecule has 0 unspecified atom stereocenters. The molecule has 0 heterocycles. The summed E-state index contributed by atoms with van der Waals surface area (Å²) in [5, 5.41) is 9.55. The molecule has 0 saturated carbocycles. The zero-order chi connectivity index (χ0) is 37.5. The van der Waals surface area contributed by atoms with E-state index in [0.717, 1.165) is 44.4 Å². The normalized spacial score (nSPS) is 12.6. The van der Waals surface area contributed by atoms with Crippen molar-refractivity contribution in [2.24, 2.45) is 5.92 Å². The second-order valence-electron chi connectivity index (χ2n) is 14.6. The van der Waals surface area contributed by atoms with E-state index in [1.165, 1.54) is 115 Å². The zero-order valence-corrected chi connectivity index (χ0v) is 33.3. The molecule has 1 atom stereocenters. The Bertz CT molecular complexity index is 931. The highest BCUT2D eigenvalue weighted by Gasteiger charge is 2.16. The highest BCUT2D eigenvalue weighted by Crippen LogP contribution is 2.15. The Morgan fingerprint density at radius 3 is 1.67 bits per heavy atom. The SMILES string of the molecule is CCCCC/C=C\C/C=C\C/C=C\C=C\C(=O)CCCC(=O)O[C@@H](CO)COC(=O)CCCCCCCCCCCCCCCCCCC(C)C. The average Bonchev–Trinajstić information content (AvgIpc) is 3.11. The van der Waals surface area contributed by atoms with Crippen LogP contribution in [0.1, 0.15) is 194 Å². The van der Waals surface area contributed by atoms with Crippen LogP contribution in [0.4, 0.5) is 0 Å². The van der Waals surface area contributed by atoms with Crippen LogP contribution in [0.5, 0.6) is 0 Å². The van der Waals surface area contributed by atoms with Gasteiger partial charge in [0, 0.05) is 19.3 Å². The Morgan fingerprint density at radius 2 is 1.10 bits per heavy atom. The Labute approximate surface area is 314 Å². The minimum atomic E-state index is -0.887. The number of hydrogen-bond acceptors (Lipinski definition) is 6. The minimum absolute atomic E-state index is 0.0572. The zero-order valence-electron chi connectivity index (χ0n) is 33.3. The van der Waals surface area contributed by atoms with Gasteiger partial charge in [-0.1, -0.05) is 179 Å². The fraction of sp³-hybridized carbons (Fsp3) is 0.756. The van der Waals surface area contributed by atoms with Gasteiger partial charge in [-0.3, -0.25) is 14.4 Å². The summed E-state index contributed by atoms with van der Waals surface area (Å²) < 4.78 is 10.5. The summed E-state index contributed by atoms with van der Waals surface area (Å²) in [6.07, 6.45) is 44.6. The maximum absolute atomic E-state index is 12.2. The topological polar surface area (TPSA) is 89.9 Å². The molecule has 0 aliphatic heterocycles. The van der Waals surface area contributed by atoms with Crippen LogP contribution in [0.15, 0.2) is 48.6 Å². The molecule has 294 valence electrons. The molecule has 0 aliphatic carbocycles. The van der Waals surface area contributed by atoms with Crippen LogP contribution in [0.2, 0.25) is 0 Å². The van der Waals surface area contributed by atoms with Crippen LogP contribution in [-0.2, 0) is 23.9 Å². The van der Waals surface area contributed by atoms with Gasteiger partial charge in [0.25, 0.3) is 0 Å². The standard InChI is InChI=1S/C45H78O6/c1-4-5-6-7-8-9-10-15-19-22-25-28-31-35-42(47)36-33-38-45(49)51-43(39-46)40-50-44(48)37-32-29-26-23-20-17-14-12-11-13-16-18-21-24-27-30-34-41(2)3/h8-9,15,19,25,28,31,35,41,43,46H,4-7,10-14,16-18,20-24,26-27,29-30,32-34,36-40H2,1-3H3/b9-8-,19-15-,28-25-,35-31+/t43-/m0/s1. The molecule has 0 aliphatic rings. The molecule has 0 aromatic heterocycles. The molecule has 0 spiro atoms. The first-order valence-corrected chi connectivity index (χ1v) is 21.0. The van der Waals surface area contributed by atoms with Crippen LogP contribution in [0.25, 0.3) is 0 Å². The Morgan fingerprint density at radius 1 is 0.569 bits per heavy atom. The maximum Gasteiger partial charge on any atom is 0.306 e. The number of carbonyl (C=O) groups is 3. The highest BCUT2D eigenvalue weighted by atomic mass is 16.6. The molecule has 1 N–H and O–H groups in total. The lowest BCUT2D eigenvalue weighted by Gasteiger charge is -2.15. The van der Waals surface area contributed by atoms with E-state index in [1.807, 2.05) is 12.2 Å². The molecular formula is C45H78O6. The molecule has 6 nitrogen and oxygen atoms in total. The van der Waals surface area contributed by atoms with E-state index in [4.69, 9.17) is 9.47 Å². The molecule has 0 radical (unpaired) electrons. The predicted octanol–water partition coefficient (Wildman–Crippen LogP) is 12.4. The van der Waals surface area contributed by atoms with Gasteiger partial charge in [0.05, 0.1) is 6.61 Å². The van der Waals surface area contributed by atoms with Gasteiger partial charge >= 0.3 is 11.9 Å². The molecular weight excluding hydrogens is 636 g/mol. The van der Waals surface area contributed by atoms with Gasteiger partial charge in [0.1, 0.15) is 6.61 Å². The highest BCUT2D eigenvalue weighted by molar-refractivity contribution is 5.90. The smallest absolute Gasteiger partial charge is 0.306 e. The average molecular weight is 715 g/mol. The Balaban J connectivity index is 3.70. The van der Waals surface area contributed by atoms with E-state index >= 15 is 0 Å². The van der Waals surface area contributed by atoms with E-state index in [1.54, 1.807) is 6.08 Å². The summed E-state index contributed by atoms with van der Waals surface area (Å²) in [6.45, 7) is 6.27. The van der Waals surface area contributed by atoms with Crippen molar-refractivity contribution in [1.29, 1.82) is 0 Å². The first-order valence-electron chi connectivity index (χ1n) is 21.0. The molecule has 0 rings (SSSR count). The third-order valence-corrected chi connectivity index (χ3v) is 9.03. The number of unbranched alkanes of at least 4 members (excludes halogenated alkanes) is 18. The number of aliphatic hydroxyl groups excluding tert-OH is 1. The van der Waals surface area contributed by atoms with E-state index in [0.29, 0.717) is 12.8 Å². The van der Waals surface area contributed by atoms with Crippen molar-refractivity contribution in [1.82, 2.24) is 0 Å². The Kier molecular flexibility index (Phi) is 36.9. The number of ether oxygens (including phenoxy) is 2. The van der Waals surface area contributed by atoms with Crippen molar-refractivity contribution in [3.8, 4) is 0 Å². The van der Waals surface area contributed by atoms with Crippen molar-refractivity contribution >= 4 is 17.7 Å². The molecule has 0 amide bonds. The number of esters is 2. The van der Waals surface area contributed by atoms with Crippen LogP contribution >= 0.6 is 0 Å². The first kappa shape index (κ1) is 48.5. The molecule has 6 heteroatoms. The molecule has 0 bridgehead atoms. The van der Waals surface area contributed by atoms with Gasteiger partial charge in [-0.2, -0.15) is 0 Å². The second kappa shape index (κ2) is 38.8. The quantitative estimate of drug-likeness (QED) is 0.0226. The van der Waals surface area contributed by atoms with Crippen LogP contribution < -0.4 is 0 Å². The van der Waals surface area contributed by atoms with Gasteiger partial charge in [-0.05, 0) is 50.5 Å². The monoisotopic (exact) mass is 715 g/mol. The lowest BCUT2D eigenvalue weighted by molar-refractivity contribution is -0.161. The number of allylic oxidation sites excluding steroid dienone is 8. The first-order chi connectivity index (χ1) is 24.9. The summed E-state index contributed by atoms with van der Waals surface area (Å²) in [6, 6.07) is 0. The van der Waals surface area contributed by atoms with Gasteiger partial charge in [-0.25, -0.2) is 0 Å². The summed E-state index contributed by atoms with van der Waals surface area (Å²) in [7, 11) is 0. The minimum Gasteiger partial charge on any atom is -0.462 e. The number of rotatable bonds is 37. The summed E-state index contributed by atoms with van der Waals surface area (Å²) in [5.41, 5.74) is 0. The number of carbonyl (C=O) groups excluding carboxylic acids is 3. The van der Waals surface area contributed by atoms with Gasteiger partial charge in [-0.15, -0.1) is 0 Å². The van der Waals surface area contributed by atoms with E-state index < -0.39 is 18.7 Å². The van der Waals surface area contributed by atoms with Crippen molar-refractivity contribution in [2.75, 3.05) is 13.2 Å². The Hall–Kier alpha value is -2.47. The molecule has 0 aromatic rings. The summed E-state index contributed by atoms with van der Waals surface area (Å²) in [5.74, 6) is -0.0502. The van der Waals surface area contributed by atoms with Gasteiger partial charge < -0.3 is 14.6 Å². The van der Waals surface area contributed by atoms with Gasteiger partial charge in [0.2, 0.25) is 0 Å². The third kappa shape index (κ3) is 38.6. The summed E-state index contributed by atoms with van der Waals surface area (Å²) in [4.78, 5) is 36.3. The van der Waals surface area contributed by atoms with E-state index in [-0.39, 0.29) is 31.2 Å². The lowest BCUT2D eigenvalue weighted by atomic mass is 10.0. The fourth-order valence-electron chi connectivity index (χ4n) is 5.81. The molecule has 0 fully saturated rings. The lowest BCUT2D eigenvalue weighted by Crippen LogP contribution is -2.28. The van der Waals surface area contributed by atoms with E-state index in [9.17, 15) is 19.5 Å².